The van der Waals surface area contributed by atoms with E-state index in [0.29, 0.717) is 22.5 Å². The molecule has 0 bridgehead atoms. The average molecular weight is 346 g/mol. The first-order chi connectivity index (χ1) is 12.6. The van der Waals surface area contributed by atoms with Gasteiger partial charge in [-0.05, 0) is 48.9 Å². The predicted molar refractivity (Wildman–Crippen MR) is 95.4 cm³/mol. The molecule has 0 saturated carbocycles. The van der Waals surface area contributed by atoms with Crippen molar-refractivity contribution in [1.82, 2.24) is 0 Å². The minimum absolute atomic E-state index is 0.176. The minimum atomic E-state index is -0.405. The third-order valence-corrected chi connectivity index (χ3v) is 4.27. The molecular formula is C20H14N2O4. The van der Waals surface area contributed by atoms with Crippen LogP contribution in [0.15, 0.2) is 65.3 Å². The number of nitrogens with one attached hydrogen (secondary N) is 1. The lowest BCUT2D eigenvalue weighted by Crippen LogP contribution is -2.29. The molecule has 0 radical (unpaired) electrons. The molecule has 0 aliphatic carbocycles. The molecule has 1 N–H and O–H groups in total. The van der Waals surface area contributed by atoms with Crippen LogP contribution in [0.1, 0.15) is 36.8 Å². The molecule has 26 heavy (non-hydrogen) atoms. The van der Waals surface area contributed by atoms with Crippen molar-refractivity contribution in [2.24, 2.45) is 0 Å². The van der Waals surface area contributed by atoms with Gasteiger partial charge in [-0.3, -0.25) is 14.4 Å². The van der Waals surface area contributed by atoms with Gasteiger partial charge in [-0.25, -0.2) is 4.90 Å². The number of rotatable bonds is 3. The van der Waals surface area contributed by atoms with Crippen LogP contribution < -0.4 is 10.2 Å². The Bertz CT molecular complexity index is 1000. The molecule has 0 spiro atoms. The monoisotopic (exact) mass is 346 g/mol. The van der Waals surface area contributed by atoms with Gasteiger partial charge in [0.25, 0.3) is 17.7 Å². The van der Waals surface area contributed by atoms with Crippen LogP contribution in [-0.2, 0) is 0 Å². The molecule has 1 aliphatic rings. The van der Waals surface area contributed by atoms with E-state index in [1.807, 2.05) is 6.92 Å². The summed E-state index contributed by atoms with van der Waals surface area (Å²) in [7, 11) is 0. The van der Waals surface area contributed by atoms with Crippen LogP contribution in [0.5, 0.6) is 0 Å². The van der Waals surface area contributed by atoms with Crippen molar-refractivity contribution in [3.63, 3.8) is 0 Å². The second-order valence-corrected chi connectivity index (χ2v) is 5.92. The smallest absolute Gasteiger partial charge is 0.291 e. The Hall–Kier alpha value is -3.67. The minimum Gasteiger partial charge on any atom is -0.459 e. The van der Waals surface area contributed by atoms with E-state index < -0.39 is 5.91 Å². The van der Waals surface area contributed by atoms with E-state index in [9.17, 15) is 14.4 Å². The topological polar surface area (TPSA) is 79.6 Å². The van der Waals surface area contributed by atoms with Crippen LogP contribution in [-0.4, -0.2) is 17.7 Å². The van der Waals surface area contributed by atoms with Crippen molar-refractivity contribution in [1.29, 1.82) is 0 Å². The lowest BCUT2D eigenvalue weighted by molar-refractivity contribution is 0.0925. The van der Waals surface area contributed by atoms with Crippen molar-refractivity contribution in [3.05, 3.63) is 83.3 Å². The number of carbonyl (C=O) groups excluding carboxylic acids is 3. The summed E-state index contributed by atoms with van der Waals surface area (Å²) in [4.78, 5) is 38.6. The van der Waals surface area contributed by atoms with Crippen LogP contribution in [0.4, 0.5) is 11.4 Å². The quantitative estimate of drug-likeness (QED) is 0.734. The van der Waals surface area contributed by atoms with Crippen molar-refractivity contribution in [2.75, 3.05) is 10.2 Å². The summed E-state index contributed by atoms with van der Waals surface area (Å²) in [5, 5.41) is 2.75. The summed E-state index contributed by atoms with van der Waals surface area (Å²) in [6.07, 6.45) is 1.41. The average Bonchev–Trinajstić information content (AvgIpc) is 3.26. The van der Waals surface area contributed by atoms with Crippen molar-refractivity contribution in [3.8, 4) is 0 Å². The van der Waals surface area contributed by atoms with Gasteiger partial charge in [0, 0.05) is 5.69 Å². The molecule has 1 aromatic heterocycles. The number of hydrogen-bond donors (Lipinski definition) is 1. The zero-order chi connectivity index (χ0) is 18.3. The summed E-state index contributed by atoms with van der Waals surface area (Å²) in [6.45, 7) is 1.82. The fourth-order valence-electron chi connectivity index (χ4n) is 2.90. The molecular weight excluding hydrogens is 332 g/mol. The molecule has 0 unspecified atom stereocenters. The second kappa shape index (κ2) is 6.00. The Labute approximate surface area is 149 Å². The van der Waals surface area contributed by atoms with Gasteiger partial charge >= 0.3 is 0 Å². The van der Waals surface area contributed by atoms with Crippen molar-refractivity contribution in [2.45, 2.75) is 6.92 Å². The number of nitrogens with zero attached hydrogens (tertiary/aromatic N) is 1. The van der Waals surface area contributed by atoms with E-state index >= 15 is 0 Å². The molecule has 3 aromatic rings. The second-order valence-electron chi connectivity index (χ2n) is 5.92. The van der Waals surface area contributed by atoms with E-state index in [1.54, 1.807) is 54.6 Å². The zero-order valence-electron chi connectivity index (χ0n) is 13.9. The summed E-state index contributed by atoms with van der Waals surface area (Å²) >= 11 is 0. The van der Waals surface area contributed by atoms with Gasteiger partial charge < -0.3 is 9.73 Å². The Morgan fingerprint density at radius 3 is 2.27 bits per heavy atom. The molecule has 2 heterocycles. The lowest BCUT2D eigenvalue weighted by atomic mass is 10.1. The van der Waals surface area contributed by atoms with Crippen LogP contribution in [0.3, 0.4) is 0 Å². The fourth-order valence-corrected chi connectivity index (χ4v) is 2.90. The molecule has 1 aliphatic heterocycles. The highest BCUT2D eigenvalue weighted by atomic mass is 16.3. The maximum atomic E-state index is 12.6. The van der Waals surface area contributed by atoms with E-state index in [4.69, 9.17) is 4.42 Å². The number of imide groups is 1. The summed E-state index contributed by atoms with van der Waals surface area (Å²) in [5.74, 6) is -0.983. The first kappa shape index (κ1) is 15.8. The number of fused-ring (bicyclic) bond motifs is 1. The summed E-state index contributed by atoms with van der Waals surface area (Å²) in [5.41, 5.74) is 2.45. The van der Waals surface area contributed by atoms with Crippen LogP contribution in [0.25, 0.3) is 0 Å². The predicted octanol–water partition coefficient (Wildman–Crippen LogP) is 3.64. The highest BCUT2D eigenvalue weighted by Gasteiger charge is 2.36. The van der Waals surface area contributed by atoms with E-state index in [0.717, 1.165) is 10.5 Å². The number of aryl methyl sites for hydroxylation is 1. The number of benzene rings is 2. The SMILES string of the molecule is Cc1ccc(N2C(=O)c3ccccc3C2=O)cc1NC(=O)c1ccco1. The molecule has 0 atom stereocenters. The standard InChI is InChI=1S/C20H14N2O4/c1-12-8-9-13(11-16(12)21-18(23)17-7-4-10-26-17)22-19(24)14-5-2-3-6-15(14)20(22)25/h2-11H,1H3,(H,21,23). The van der Waals surface area contributed by atoms with Gasteiger partial charge in [0.1, 0.15) is 0 Å². The van der Waals surface area contributed by atoms with Crippen LogP contribution >= 0.6 is 0 Å². The van der Waals surface area contributed by atoms with Gasteiger partial charge in [0.05, 0.1) is 23.1 Å². The normalized spacial score (nSPS) is 13.0. The van der Waals surface area contributed by atoms with Crippen molar-refractivity contribution < 1.29 is 18.8 Å². The number of hydrogen-bond acceptors (Lipinski definition) is 4. The maximum absolute atomic E-state index is 12.6. The number of furan rings is 1. The number of anilines is 2. The molecule has 4 rings (SSSR count). The molecule has 6 nitrogen and oxygen atoms in total. The van der Waals surface area contributed by atoms with Gasteiger partial charge in [-0.2, -0.15) is 0 Å². The third kappa shape index (κ3) is 2.48. The Morgan fingerprint density at radius 2 is 1.65 bits per heavy atom. The molecule has 0 saturated heterocycles. The highest BCUT2D eigenvalue weighted by Crippen LogP contribution is 2.31. The van der Waals surface area contributed by atoms with Crippen molar-refractivity contribution >= 4 is 29.1 Å². The Balaban J connectivity index is 1.68. The lowest BCUT2D eigenvalue weighted by Gasteiger charge is -2.16. The first-order valence-electron chi connectivity index (χ1n) is 7.99. The van der Waals surface area contributed by atoms with E-state index in [2.05, 4.69) is 5.32 Å². The molecule has 6 heteroatoms. The molecule has 0 fully saturated rings. The van der Waals surface area contributed by atoms with Gasteiger partial charge in [0.15, 0.2) is 5.76 Å². The highest BCUT2D eigenvalue weighted by molar-refractivity contribution is 6.34. The van der Waals surface area contributed by atoms with E-state index in [-0.39, 0.29) is 17.6 Å². The van der Waals surface area contributed by atoms with Crippen LogP contribution in [0.2, 0.25) is 0 Å². The third-order valence-electron chi connectivity index (χ3n) is 4.27. The summed E-state index contributed by atoms with van der Waals surface area (Å²) < 4.78 is 5.08. The van der Waals surface area contributed by atoms with Gasteiger partial charge in [0.2, 0.25) is 0 Å². The zero-order valence-corrected chi connectivity index (χ0v) is 13.9. The first-order valence-corrected chi connectivity index (χ1v) is 7.99. The number of amides is 3. The molecule has 3 amide bonds. The largest absolute Gasteiger partial charge is 0.459 e. The Morgan fingerprint density at radius 1 is 0.962 bits per heavy atom. The summed E-state index contributed by atoms with van der Waals surface area (Å²) in [6, 6.07) is 14.9. The maximum Gasteiger partial charge on any atom is 0.291 e. The molecule has 2 aromatic carbocycles. The fraction of sp³-hybridized carbons (Fsp3) is 0.0500. The van der Waals surface area contributed by atoms with E-state index in [1.165, 1.54) is 6.26 Å². The van der Waals surface area contributed by atoms with Gasteiger partial charge in [-0.1, -0.05) is 18.2 Å². The van der Waals surface area contributed by atoms with Crippen LogP contribution in [0, 0.1) is 6.92 Å². The Kier molecular flexibility index (Phi) is 3.65. The van der Waals surface area contributed by atoms with Gasteiger partial charge in [-0.15, -0.1) is 0 Å². The number of carbonyl (C=O) groups is 3. The molecule has 128 valence electrons.